The number of aryl methyl sites for hydroxylation is 3. The van der Waals surface area contributed by atoms with Crippen LogP contribution in [0.25, 0.3) is 11.2 Å². The Morgan fingerprint density at radius 2 is 2.12 bits per heavy atom. The quantitative estimate of drug-likeness (QED) is 0.680. The van der Waals surface area contributed by atoms with Crippen LogP contribution in [-0.2, 0) is 25.3 Å². The van der Waals surface area contributed by atoms with E-state index in [-0.39, 0.29) is 12.5 Å². The zero-order valence-electron chi connectivity index (χ0n) is 14.5. The van der Waals surface area contributed by atoms with Gasteiger partial charge in [0.2, 0.25) is 5.95 Å². The summed E-state index contributed by atoms with van der Waals surface area (Å²) >= 11 is 0. The Morgan fingerprint density at radius 1 is 1.36 bits per heavy atom. The van der Waals surface area contributed by atoms with Crippen LogP contribution in [0.15, 0.2) is 12.5 Å². The molecule has 0 saturated carbocycles. The van der Waals surface area contributed by atoms with Gasteiger partial charge in [-0.3, -0.25) is 9.48 Å². The van der Waals surface area contributed by atoms with Gasteiger partial charge in [0.25, 0.3) is 6.47 Å². The molecule has 2 N–H and O–H groups in total. The number of nitrogens with one attached hydrogen (secondary N) is 1. The van der Waals surface area contributed by atoms with Crippen LogP contribution >= 0.6 is 0 Å². The van der Waals surface area contributed by atoms with Gasteiger partial charge in [0.15, 0.2) is 5.65 Å². The van der Waals surface area contributed by atoms with Crippen LogP contribution in [-0.4, -0.2) is 40.9 Å². The number of rotatable bonds is 2. The summed E-state index contributed by atoms with van der Waals surface area (Å²) < 4.78 is 3.92. The van der Waals surface area contributed by atoms with Crippen molar-refractivity contribution in [2.75, 3.05) is 5.32 Å². The average molecular weight is 343 g/mol. The maximum absolute atomic E-state index is 8.36. The van der Waals surface area contributed by atoms with E-state index < -0.39 is 0 Å². The molecule has 3 aromatic heterocycles. The largest absolute Gasteiger partial charge is 0.483 e. The van der Waals surface area contributed by atoms with Gasteiger partial charge in [-0.05, 0) is 26.2 Å². The third kappa shape index (κ3) is 3.17. The number of anilines is 1. The van der Waals surface area contributed by atoms with Gasteiger partial charge in [-0.1, -0.05) is 0 Å². The summed E-state index contributed by atoms with van der Waals surface area (Å²) in [5, 5.41) is 14.9. The Bertz CT molecular complexity index is 899. The van der Waals surface area contributed by atoms with Crippen molar-refractivity contribution in [2.24, 2.45) is 14.1 Å². The topological polar surface area (TPSA) is 111 Å². The first-order chi connectivity index (χ1) is 12.0. The van der Waals surface area contributed by atoms with Gasteiger partial charge in [0.05, 0.1) is 24.3 Å². The Labute approximate surface area is 144 Å². The highest BCUT2D eigenvalue weighted by Crippen LogP contribution is 2.33. The standard InChI is InChI=1S/C15H19N7.CH2O2/c1-9-13-10(5-4-6-11(13)22(3)20-9)18-15-16-7-12-14(19-15)17-8-21(12)2;2-1-3/h7-8,10H,4-6H2,1-3H3,(H,16,18,19);1H,(H,2,3). The molecular weight excluding hydrogens is 322 g/mol. The molecular formula is C16H21N7O2. The summed E-state index contributed by atoms with van der Waals surface area (Å²) in [5.74, 6) is 0.632. The van der Waals surface area contributed by atoms with E-state index in [1.165, 1.54) is 11.3 Å². The second-order valence-electron chi connectivity index (χ2n) is 6.02. The minimum atomic E-state index is -0.250. The van der Waals surface area contributed by atoms with Crippen molar-refractivity contribution in [3.8, 4) is 0 Å². The molecule has 1 aliphatic rings. The Kier molecular flexibility index (Phi) is 4.64. The second kappa shape index (κ2) is 6.88. The molecule has 132 valence electrons. The fraction of sp³-hybridized carbons (Fsp3) is 0.438. The number of carbonyl (C=O) groups is 1. The molecule has 1 unspecified atom stereocenters. The van der Waals surface area contributed by atoms with E-state index in [0.717, 1.165) is 36.1 Å². The fourth-order valence-corrected chi connectivity index (χ4v) is 3.37. The van der Waals surface area contributed by atoms with Crippen molar-refractivity contribution < 1.29 is 9.90 Å². The van der Waals surface area contributed by atoms with Crippen LogP contribution in [0.2, 0.25) is 0 Å². The highest BCUT2D eigenvalue weighted by Gasteiger charge is 2.26. The molecule has 0 spiro atoms. The number of hydrogen-bond donors (Lipinski definition) is 2. The predicted octanol–water partition coefficient (Wildman–Crippen LogP) is 1.60. The van der Waals surface area contributed by atoms with Crippen molar-refractivity contribution >= 4 is 23.6 Å². The summed E-state index contributed by atoms with van der Waals surface area (Å²) in [6, 6.07) is 0.221. The molecule has 0 aliphatic heterocycles. The van der Waals surface area contributed by atoms with Crippen LogP contribution < -0.4 is 5.32 Å². The molecule has 0 radical (unpaired) electrons. The van der Waals surface area contributed by atoms with E-state index >= 15 is 0 Å². The summed E-state index contributed by atoms with van der Waals surface area (Å²) in [6.45, 7) is 1.82. The highest BCUT2D eigenvalue weighted by molar-refractivity contribution is 5.70. The van der Waals surface area contributed by atoms with E-state index in [0.29, 0.717) is 5.95 Å². The molecule has 0 fully saturated rings. The van der Waals surface area contributed by atoms with Gasteiger partial charge in [-0.25, -0.2) is 9.97 Å². The van der Waals surface area contributed by atoms with Gasteiger partial charge in [0, 0.05) is 25.4 Å². The lowest BCUT2D eigenvalue weighted by molar-refractivity contribution is -0.122. The zero-order valence-corrected chi connectivity index (χ0v) is 14.5. The monoisotopic (exact) mass is 343 g/mol. The van der Waals surface area contributed by atoms with Crippen molar-refractivity contribution in [3.05, 3.63) is 29.5 Å². The SMILES string of the molecule is Cc1nn(C)c2c1C(Nc1ncc3c(ncn3C)n1)CCC2.O=CO. The first kappa shape index (κ1) is 16.9. The van der Waals surface area contributed by atoms with Crippen molar-refractivity contribution in [2.45, 2.75) is 32.2 Å². The third-order valence-electron chi connectivity index (χ3n) is 4.43. The molecule has 25 heavy (non-hydrogen) atoms. The first-order valence-corrected chi connectivity index (χ1v) is 8.06. The lowest BCUT2D eigenvalue weighted by atomic mass is 9.91. The number of aromatic nitrogens is 6. The maximum Gasteiger partial charge on any atom is 0.290 e. The minimum absolute atomic E-state index is 0.221. The van der Waals surface area contributed by atoms with E-state index in [4.69, 9.17) is 9.90 Å². The number of carboxylic acid groups (broad SMARTS) is 1. The van der Waals surface area contributed by atoms with Crippen LogP contribution in [0.5, 0.6) is 0 Å². The lowest BCUT2D eigenvalue weighted by Crippen LogP contribution is -2.19. The fourth-order valence-electron chi connectivity index (χ4n) is 3.37. The normalized spacial score (nSPS) is 16.0. The van der Waals surface area contributed by atoms with Gasteiger partial charge >= 0.3 is 0 Å². The van der Waals surface area contributed by atoms with E-state index in [1.54, 1.807) is 6.33 Å². The third-order valence-corrected chi connectivity index (χ3v) is 4.43. The predicted molar refractivity (Wildman–Crippen MR) is 92.2 cm³/mol. The average Bonchev–Trinajstić information content (AvgIpc) is 3.09. The van der Waals surface area contributed by atoms with Gasteiger partial charge in [-0.15, -0.1) is 0 Å². The van der Waals surface area contributed by atoms with Gasteiger partial charge in [-0.2, -0.15) is 10.1 Å². The number of hydrogen-bond acceptors (Lipinski definition) is 6. The number of nitrogens with zero attached hydrogens (tertiary/aromatic N) is 6. The van der Waals surface area contributed by atoms with Crippen LogP contribution in [0.3, 0.4) is 0 Å². The summed E-state index contributed by atoms with van der Waals surface area (Å²) in [4.78, 5) is 21.6. The van der Waals surface area contributed by atoms with Crippen molar-refractivity contribution in [3.63, 3.8) is 0 Å². The molecule has 3 aromatic rings. The maximum atomic E-state index is 8.36. The zero-order chi connectivity index (χ0) is 18.0. The Hall–Kier alpha value is -2.97. The molecule has 4 rings (SSSR count). The van der Waals surface area contributed by atoms with Gasteiger partial charge < -0.3 is 15.0 Å². The van der Waals surface area contributed by atoms with Crippen LogP contribution in [0, 0.1) is 6.92 Å². The minimum Gasteiger partial charge on any atom is -0.483 e. The first-order valence-electron chi connectivity index (χ1n) is 8.06. The van der Waals surface area contributed by atoms with E-state index in [1.807, 2.05) is 29.5 Å². The molecule has 9 heteroatoms. The lowest BCUT2D eigenvalue weighted by Gasteiger charge is -2.24. The van der Waals surface area contributed by atoms with Crippen molar-refractivity contribution in [1.29, 1.82) is 0 Å². The molecule has 9 nitrogen and oxygen atoms in total. The molecule has 0 bridgehead atoms. The molecule has 3 heterocycles. The van der Waals surface area contributed by atoms with E-state index in [2.05, 4.69) is 32.3 Å². The second-order valence-corrected chi connectivity index (χ2v) is 6.02. The van der Waals surface area contributed by atoms with E-state index in [9.17, 15) is 0 Å². The summed E-state index contributed by atoms with van der Waals surface area (Å²) in [7, 11) is 3.96. The number of imidazole rings is 1. The summed E-state index contributed by atoms with van der Waals surface area (Å²) in [5.41, 5.74) is 5.37. The Morgan fingerprint density at radius 3 is 2.88 bits per heavy atom. The Balaban J connectivity index is 0.000000569. The van der Waals surface area contributed by atoms with Crippen LogP contribution in [0.1, 0.15) is 35.8 Å². The smallest absolute Gasteiger partial charge is 0.290 e. The molecule has 1 aliphatic carbocycles. The van der Waals surface area contributed by atoms with Gasteiger partial charge in [0.1, 0.15) is 5.52 Å². The summed E-state index contributed by atoms with van der Waals surface area (Å²) in [6.07, 6.45) is 6.88. The molecule has 0 aromatic carbocycles. The molecule has 1 atom stereocenters. The van der Waals surface area contributed by atoms with Crippen LogP contribution in [0.4, 0.5) is 5.95 Å². The molecule has 0 saturated heterocycles. The number of fused-ring (bicyclic) bond motifs is 2. The van der Waals surface area contributed by atoms with Crippen molar-refractivity contribution in [1.82, 2.24) is 29.3 Å². The highest BCUT2D eigenvalue weighted by atomic mass is 16.3. The molecule has 0 amide bonds.